The lowest BCUT2D eigenvalue weighted by molar-refractivity contribution is 0.0655. The Kier molecular flexibility index (Phi) is 7.81. The number of rotatable bonds is 8. The molecule has 0 saturated carbocycles. The van der Waals surface area contributed by atoms with E-state index in [-0.39, 0.29) is 17.5 Å². The van der Waals surface area contributed by atoms with Crippen LogP contribution in [0.25, 0.3) is 16.6 Å². The molecule has 0 aliphatic heterocycles. The van der Waals surface area contributed by atoms with Gasteiger partial charge in [-0.05, 0) is 67.8 Å². The molecule has 1 unspecified atom stereocenters. The van der Waals surface area contributed by atoms with E-state index in [9.17, 15) is 9.59 Å². The first kappa shape index (κ1) is 24.9. The summed E-state index contributed by atoms with van der Waals surface area (Å²) in [6.07, 6.45) is 2.45. The number of halogens is 1. The van der Waals surface area contributed by atoms with Crippen molar-refractivity contribution in [3.8, 4) is 5.69 Å². The second kappa shape index (κ2) is 11.0. The van der Waals surface area contributed by atoms with Crippen molar-refractivity contribution in [2.45, 2.75) is 46.1 Å². The van der Waals surface area contributed by atoms with Crippen molar-refractivity contribution in [1.82, 2.24) is 14.5 Å². The topological polar surface area (TPSA) is 55.2 Å². The Morgan fingerprint density at radius 1 is 1.00 bits per heavy atom. The average molecular weight is 532 g/mol. The van der Waals surface area contributed by atoms with E-state index in [0.29, 0.717) is 35.3 Å². The quantitative estimate of drug-likeness (QED) is 0.249. The SMILES string of the molecule is CCCCN(C(=O)c1ccccc1C)C(CC)c1nc2ccccc2c(=O)n1-c1ccc(Br)cc1. The highest BCUT2D eigenvalue weighted by Crippen LogP contribution is 2.29. The predicted molar refractivity (Wildman–Crippen MR) is 145 cm³/mol. The summed E-state index contributed by atoms with van der Waals surface area (Å²) in [6.45, 7) is 6.70. The summed E-state index contributed by atoms with van der Waals surface area (Å²) in [5.41, 5.74) is 2.85. The van der Waals surface area contributed by atoms with Crippen LogP contribution in [-0.4, -0.2) is 26.9 Å². The Morgan fingerprint density at radius 3 is 2.37 bits per heavy atom. The van der Waals surface area contributed by atoms with Crippen LogP contribution in [0.1, 0.15) is 60.9 Å². The molecule has 0 radical (unpaired) electrons. The van der Waals surface area contributed by atoms with Gasteiger partial charge in [0.1, 0.15) is 5.82 Å². The molecule has 0 spiro atoms. The van der Waals surface area contributed by atoms with Gasteiger partial charge in [-0.25, -0.2) is 4.98 Å². The average Bonchev–Trinajstić information content (AvgIpc) is 2.87. The molecule has 0 bridgehead atoms. The normalized spacial score (nSPS) is 12.0. The number of benzene rings is 3. The zero-order valence-corrected chi connectivity index (χ0v) is 22.0. The summed E-state index contributed by atoms with van der Waals surface area (Å²) >= 11 is 3.48. The molecule has 1 heterocycles. The third-order valence-corrected chi connectivity index (χ3v) is 6.87. The van der Waals surface area contributed by atoms with Gasteiger partial charge in [-0.15, -0.1) is 0 Å². The second-order valence-electron chi connectivity index (χ2n) is 8.70. The lowest BCUT2D eigenvalue weighted by Gasteiger charge is -2.33. The maximum atomic E-state index is 13.9. The summed E-state index contributed by atoms with van der Waals surface area (Å²) in [5.74, 6) is 0.546. The van der Waals surface area contributed by atoms with E-state index in [0.717, 1.165) is 28.6 Å². The molecular formula is C29H30BrN3O2. The van der Waals surface area contributed by atoms with Crippen molar-refractivity contribution >= 4 is 32.7 Å². The minimum Gasteiger partial charge on any atom is -0.328 e. The fourth-order valence-electron chi connectivity index (χ4n) is 4.45. The van der Waals surface area contributed by atoms with Gasteiger partial charge in [0.25, 0.3) is 11.5 Å². The zero-order valence-electron chi connectivity index (χ0n) is 20.4. The van der Waals surface area contributed by atoms with Crippen LogP contribution in [0.4, 0.5) is 0 Å². The van der Waals surface area contributed by atoms with Gasteiger partial charge in [-0.2, -0.15) is 0 Å². The molecule has 4 aromatic rings. The summed E-state index contributed by atoms with van der Waals surface area (Å²) in [7, 11) is 0. The molecule has 35 heavy (non-hydrogen) atoms. The van der Waals surface area contributed by atoms with Gasteiger partial charge in [-0.3, -0.25) is 14.2 Å². The Labute approximate surface area is 214 Å². The summed E-state index contributed by atoms with van der Waals surface area (Å²) in [5, 5.41) is 0.555. The first-order chi connectivity index (χ1) is 17.0. The van der Waals surface area contributed by atoms with Crippen LogP contribution in [0.15, 0.2) is 82.1 Å². The number of nitrogens with zero attached hydrogens (tertiary/aromatic N) is 3. The highest BCUT2D eigenvalue weighted by molar-refractivity contribution is 9.10. The molecule has 0 N–H and O–H groups in total. The number of aryl methyl sites for hydroxylation is 1. The van der Waals surface area contributed by atoms with E-state index < -0.39 is 0 Å². The molecule has 5 nitrogen and oxygen atoms in total. The van der Waals surface area contributed by atoms with Gasteiger partial charge >= 0.3 is 0 Å². The maximum Gasteiger partial charge on any atom is 0.266 e. The van der Waals surface area contributed by atoms with Crippen LogP contribution in [-0.2, 0) is 0 Å². The van der Waals surface area contributed by atoms with Crippen LogP contribution in [0.5, 0.6) is 0 Å². The third-order valence-electron chi connectivity index (χ3n) is 6.34. The monoisotopic (exact) mass is 531 g/mol. The Morgan fingerprint density at radius 2 is 1.69 bits per heavy atom. The Hall–Kier alpha value is -3.25. The number of carbonyl (C=O) groups excluding carboxylic acids is 1. The van der Waals surface area contributed by atoms with Gasteiger partial charge in [-0.1, -0.05) is 66.5 Å². The van der Waals surface area contributed by atoms with Crippen molar-refractivity contribution in [3.05, 3.63) is 105 Å². The minimum atomic E-state index is -0.366. The van der Waals surface area contributed by atoms with Crippen LogP contribution >= 0.6 is 15.9 Å². The molecular weight excluding hydrogens is 502 g/mol. The largest absolute Gasteiger partial charge is 0.328 e. The molecule has 4 rings (SSSR count). The number of fused-ring (bicyclic) bond motifs is 1. The number of carbonyl (C=O) groups is 1. The lowest BCUT2D eigenvalue weighted by Crippen LogP contribution is -2.39. The first-order valence-electron chi connectivity index (χ1n) is 12.1. The molecule has 0 saturated heterocycles. The van der Waals surface area contributed by atoms with Gasteiger partial charge in [0, 0.05) is 16.6 Å². The van der Waals surface area contributed by atoms with Crippen LogP contribution in [0, 0.1) is 6.92 Å². The number of hydrogen-bond acceptors (Lipinski definition) is 3. The van der Waals surface area contributed by atoms with Crippen LogP contribution in [0.2, 0.25) is 0 Å². The Balaban J connectivity index is 1.95. The van der Waals surface area contributed by atoms with E-state index in [4.69, 9.17) is 4.98 Å². The number of amides is 1. The van der Waals surface area contributed by atoms with E-state index in [2.05, 4.69) is 22.9 Å². The second-order valence-corrected chi connectivity index (χ2v) is 9.61. The van der Waals surface area contributed by atoms with E-state index in [1.807, 2.05) is 85.5 Å². The summed E-state index contributed by atoms with van der Waals surface area (Å²) in [6, 6.07) is 22.3. The van der Waals surface area contributed by atoms with Crippen molar-refractivity contribution in [2.24, 2.45) is 0 Å². The fraction of sp³-hybridized carbons (Fsp3) is 0.276. The molecule has 1 atom stereocenters. The van der Waals surface area contributed by atoms with Gasteiger partial charge < -0.3 is 4.90 Å². The number of aromatic nitrogens is 2. The van der Waals surface area contributed by atoms with E-state index in [1.54, 1.807) is 10.6 Å². The van der Waals surface area contributed by atoms with Crippen molar-refractivity contribution < 1.29 is 4.79 Å². The predicted octanol–water partition coefficient (Wildman–Crippen LogP) is 6.85. The molecule has 3 aromatic carbocycles. The number of hydrogen-bond donors (Lipinski definition) is 0. The standard InChI is InChI=1S/C29H30BrN3O2/c1-4-6-19-32(28(34)23-12-8-7-11-20(23)3)26(5-2)27-31-25-14-10-9-13-24(25)29(35)33(27)22-17-15-21(30)16-18-22/h7-18,26H,4-6,19H2,1-3H3. The molecule has 180 valence electrons. The van der Waals surface area contributed by atoms with Gasteiger partial charge in [0.15, 0.2) is 0 Å². The Bertz CT molecular complexity index is 1400. The zero-order chi connectivity index (χ0) is 24.9. The van der Waals surface area contributed by atoms with Gasteiger partial charge in [0.05, 0.1) is 22.6 Å². The highest BCUT2D eigenvalue weighted by atomic mass is 79.9. The first-order valence-corrected chi connectivity index (χ1v) is 12.9. The van der Waals surface area contributed by atoms with Crippen LogP contribution in [0.3, 0.4) is 0 Å². The molecule has 0 aliphatic rings. The summed E-state index contributed by atoms with van der Waals surface area (Å²) in [4.78, 5) is 34.6. The molecule has 0 fully saturated rings. The van der Waals surface area contributed by atoms with E-state index in [1.165, 1.54) is 0 Å². The molecule has 1 aromatic heterocycles. The number of unbranched alkanes of at least 4 members (excludes halogenated alkanes) is 1. The van der Waals surface area contributed by atoms with Crippen molar-refractivity contribution in [2.75, 3.05) is 6.54 Å². The molecule has 6 heteroatoms. The maximum absolute atomic E-state index is 13.9. The smallest absolute Gasteiger partial charge is 0.266 e. The summed E-state index contributed by atoms with van der Waals surface area (Å²) < 4.78 is 2.60. The molecule has 0 aliphatic carbocycles. The van der Waals surface area contributed by atoms with Gasteiger partial charge in [0.2, 0.25) is 0 Å². The van der Waals surface area contributed by atoms with Crippen molar-refractivity contribution in [3.63, 3.8) is 0 Å². The highest BCUT2D eigenvalue weighted by Gasteiger charge is 2.30. The third kappa shape index (κ3) is 5.08. The lowest BCUT2D eigenvalue weighted by atomic mass is 10.0. The minimum absolute atomic E-state index is 0.0341. The van der Waals surface area contributed by atoms with E-state index >= 15 is 0 Å². The molecule has 1 amide bonds. The number of para-hydroxylation sites is 1. The van der Waals surface area contributed by atoms with Crippen molar-refractivity contribution in [1.29, 1.82) is 0 Å². The van der Waals surface area contributed by atoms with Crippen LogP contribution < -0.4 is 5.56 Å². The fourth-order valence-corrected chi connectivity index (χ4v) is 4.71.